The van der Waals surface area contributed by atoms with Gasteiger partial charge in [0.1, 0.15) is 0 Å². The molecule has 1 N–H and O–H groups in total. The molecule has 1 saturated heterocycles. The molecule has 3 heterocycles. The summed E-state index contributed by atoms with van der Waals surface area (Å²) in [7, 11) is 0. The summed E-state index contributed by atoms with van der Waals surface area (Å²) in [6.45, 7) is 6.27. The second-order valence-corrected chi connectivity index (χ2v) is 9.00. The summed E-state index contributed by atoms with van der Waals surface area (Å²) in [5.41, 5.74) is 4.87. The number of hydrogen-bond acceptors (Lipinski definition) is 2. The number of likely N-dealkylation sites (tertiary alicyclic amines) is 1. The van der Waals surface area contributed by atoms with Crippen molar-refractivity contribution in [3.8, 4) is 0 Å². The Morgan fingerprint density at radius 3 is 2.78 bits per heavy atom. The fourth-order valence-corrected chi connectivity index (χ4v) is 5.51. The Morgan fingerprint density at radius 1 is 1.11 bits per heavy atom. The quantitative estimate of drug-likeness (QED) is 0.860. The van der Waals surface area contributed by atoms with Crippen LogP contribution in [0.25, 0.3) is 10.9 Å². The molecule has 0 spiro atoms. The van der Waals surface area contributed by atoms with Crippen molar-refractivity contribution < 1.29 is 4.79 Å². The van der Waals surface area contributed by atoms with Gasteiger partial charge in [0.25, 0.3) is 5.91 Å². The fourth-order valence-electron chi connectivity index (χ4n) is 5.51. The first kappa shape index (κ1) is 17.3. The number of aromatic amines is 1. The van der Waals surface area contributed by atoms with Gasteiger partial charge < -0.3 is 9.88 Å². The first-order chi connectivity index (χ1) is 13.2. The molecular weight excluding hydrogens is 334 g/mol. The lowest BCUT2D eigenvalue weighted by Crippen LogP contribution is -2.39. The standard InChI is InChI=1S/C23H31N3O/c1-16-5-4-11-26(14-16)23(27)17-8-9-21-19(13-17)20-15-25(12-10-22(20)24-21)18-6-2-3-7-18/h8-9,13,16,18,24H,2-7,10-12,14-15H2,1H3/t16-/m0/s1. The summed E-state index contributed by atoms with van der Waals surface area (Å²) in [5, 5.41) is 1.27. The zero-order valence-corrected chi connectivity index (χ0v) is 16.5. The zero-order chi connectivity index (χ0) is 18.4. The molecule has 4 nitrogen and oxygen atoms in total. The Kier molecular flexibility index (Phi) is 4.47. The Hall–Kier alpha value is -1.81. The Bertz CT molecular complexity index is 849. The highest BCUT2D eigenvalue weighted by molar-refractivity contribution is 5.99. The first-order valence-electron chi connectivity index (χ1n) is 10.9. The van der Waals surface area contributed by atoms with Crippen LogP contribution in [0.4, 0.5) is 0 Å². The fraction of sp³-hybridized carbons (Fsp3) is 0.609. The number of rotatable bonds is 2. The normalized spacial score (nSPS) is 24.5. The van der Waals surface area contributed by atoms with E-state index in [1.807, 2.05) is 6.07 Å². The van der Waals surface area contributed by atoms with Crippen molar-refractivity contribution in [3.05, 3.63) is 35.0 Å². The van der Waals surface area contributed by atoms with E-state index in [0.717, 1.165) is 44.1 Å². The van der Waals surface area contributed by atoms with E-state index in [4.69, 9.17) is 0 Å². The highest BCUT2D eigenvalue weighted by Crippen LogP contribution is 2.33. The molecule has 5 rings (SSSR count). The van der Waals surface area contributed by atoms with Crippen molar-refractivity contribution in [3.63, 3.8) is 0 Å². The van der Waals surface area contributed by atoms with Crippen LogP contribution in [-0.4, -0.2) is 46.4 Å². The van der Waals surface area contributed by atoms with Crippen LogP contribution in [0.5, 0.6) is 0 Å². The Labute approximate surface area is 161 Å². The van der Waals surface area contributed by atoms with Gasteiger partial charge in [-0.1, -0.05) is 19.8 Å². The van der Waals surface area contributed by atoms with Crippen molar-refractivity contribution >= 4 is 16.8 Å². The highest BCUT2D eigenvalue weighted by atomic mass is 16.2. The van der Waals surface area contributed by atoms with Crippen LogP contribution in [0.2, 0.25) is 0 Å². The average molecular weight is 366 g/mol. The van der Waals surface area contributed by atoms with Gasteiger partial charge in [-0.3, -0.25) is 9.69 Å². The minimum Gasteiger partial charge on any atom is -0.358 e. The van der Waals surface area contributed by atoms with E-state index in [0.29, 0.717) is 5.92 Å². The van der Waals surface area contributed by atoms with E-state index >= 15 is 0 Å². The van der Waals surface area contributed by atoms with Gasteiger partial charge in [0, 0.05) is 60.8 Å². The van der Waals surface area contributed by atoms with Crippen molar-refractivity contribution in [2.24, 2.45) is 5.92 Å². The molecular formula is C23H31N3O. The molecule has 0 radical (unpaired) electrons. The van der Waals surface area contributed by atoms with Crippen molar-refractivity contribution in [2.75, 3.05) is 19.6 Å². The highest BCUT2D eigenvalue weighted by Gasteiger charge is 2.28. The molecule has 4 heteroatoms. The summed E-state index contributed by atoms with van der Waals surface area (Å²) in [4.78, 5) is 21.4. The summed E-state index contributed by atoms with van der Waals surface area (Å²) < 4.78 is 0. The molecule has 1 atom stereocenters. The number of amides is 1. The van der Waals surface area contributed by atoms with Gasteiger partial charge in [0.2, 0.25) is 0 Å². The largest absolute Gasteiger partial charge is 0.358 e. The molecule has 3 aliphatic rings. The van der Waals surface area contributed by atoms with E-state index in [1.54, 1.807) is 0 Å². The van der Waals surface area contributed by atoms with Crippen molar-refractivity contribution in [1.82, 2.24) is 14.8 Å². The average Bonchev–Trinajstić information content (AvgIpc) is 3.34. The number of fused-ring (bicyclic) bond motifs is 3. The number of carbonyl (C=O) groups excluding carboxylic acids is 1. The maximum absolute atomic E-state index is 13.1. The van der Waals surface area contributed by atoms with Gasteiger partial charge in [-0.2, -0.15) is 0 Å². The molecule has 0 unspecified atom stereocenters. The summed E-state index contributed by atoms with van der Waals surface area (Å²) >= 11 is 0. The lowest BCUT2D eigenvalue weighted by Gasteiger charge is -2.32. The third kappa shape index (κ3) is 3.18. The third-order valence-electron chi connectivity index (χ3n) is 7.04. The molecule has 1 saturated carbocycles. The van der Waals surface area contributed by atoms with Crippen LogP contribution >= 0.6 is 0 Å². The van der Waals surface area contributed by atoms with Crippen LogP contribution in [0, 0.1) is 5.92 Å². The molecule has 0 bridgehead atoms. The molecule has 1 aromatic carbocycles. The van der Waals surface area contributed by atoms with Crippen LogP contribution in [0.3, 0.4) is 0 Å². The second-order valence-electron chi connectivity index (χ2n) is 9.00. The van der Waals surface area contributed by atoms with Gasteiger partial charge >= 0.3 is 0 Å². The number of hydrogen-bond donors (Lipinski definition) is 1. The van der Waals surface area contributed by atoms with E-state index in [1.165, 1.54) is 60.8 Å². The number of benzene rings is 1. The lowest BCUT2D eigenvalue weighted by atomic mass is 9.98. The maximum atomic E-state index is 13.1. The predicted molar refractivity (Wildman–Crippen MR) is 109 cm³/mol. The molecule has 144 valence electrons. The minimum absolute atomic E-state index is 0.210. The molecule has 27 heavy (non-hydrogen) atoms. The summed E-state index contributed by atoms with van der Waals surface area (Å²) in [6.07, 6.45) is 8.95. The van der Waals surface area contributed by atoms with Gasteiger partial charge in [0.15, 0.2) is 0 Å². The number of H-pyrrole nitrogens is 1. The van der Waals surface area contributed by atoms with Crippen LogP contribution in [0.15, 0.2) is 18.2 Å². The number of piperidine rings is 1. The summed E-state index contributed by atoms with van der Waals surface area (Å²) in [6, 6.07) is 7.06. The molecule has 2 aliphatic heterocycles. The Morgan fingerprint density at radius 2 is 1.96 bits per heavy atom. The maximum Gasteiger partial charge on any atom is 0.253 e. The van der Waals surface area contributed by atoms with Crippen LogP contribution in [0.1, 0.15) is 67.1 Å². The molecule has 1 aromatic heterocycles. The van der Waals surface area contributed by atoms with Crippen molar-refractivity contribution in [2.45, 2.75) is 64.5 Å². The Balaban J connectivity index is 1.43. The molecule has 2 fully saturated rings. The van der Waals surface area contributed by atoms with Gasteiger partial charge in [-0.05, 0) is 55.4 Å². The van der Waals surface area contributed by atoms with E-state index in [-0.39, 0.29) is 5.91 Å². The van der Waals surface area contributed by atoms with Crippen LogP contribution < -0.4 is 0 Å². The monoisotopic (exact) mass is 365 g/mol. The predicted octanol–water partition coefficient (Wildman–Crippen LogP) is 4.34. The molecule has 1 amide bonds. The third-order valence-corrected chi connectivity index (χ3v) is 7.04. The number of nitrogens with zero attached hydrogens (tertiary/aromatic N) is 2. The smallest absolute Gasteiger partial charge is 0.253 e. The zero-order valence-electron chi connectivity index (χ0n) is 16.5. The van der Waals surface area contributed by atoms with Crippen LogP contribution in [-0.2, 0) is 13.0 Å². The van der Waals surface area contributed by atoms with E-state index in [9.17, 15) is 4.79 Å². The second kappa shape index (κ2) is 6.97. The topological polar surface area (TPSA) is 39.3 Å². The number of carbonyl (C=O) groups is 1. The van der Waals surface area contributed by atoms with Gasteiger partial charge in [-0.15, -0.1) is 0 Å². The molecule has 1 aliphatic carbocycles. The minimum atomic E-state index is 0.210. The SMILES string of the molecule is C[C@H]1CCCN(C(=O)c2ccc3[nH]c4c(c3c2)CN(C2CCCC2)CC4)C1. The number of aromatic nitrogens is 1. The first-order valence-corrected chi connectivity index (χ1v) is 10.9. The van der Waals surface area contributed by atoms with Gasteiger partial charge in [0.05, 0.1) is 0 Å². The van der Waals surface area contributed by atoms with E-state index < -0.39 is 0 Å². The molecule has 2 aromatic rings. The van der Waals surface area contributed by atoms with Gasteiger partial charge in [-0.25, -0.2) is 0 Å². The van der Waals surface area contributed by atoms with E-state index in [2.05, 4.69) is 33.8 Å². The van der Waals surface area contributed by atoms with Crippen molar-refractivity contribution in [1.29, 1.82) is 0 Å². The lowest BCUT2D eigenvalue weighted by molar-refractivity contribution is 0.0683. The summed E-state index contributed by atoms with van der Waals surface area (Å²) in [5.74, 6) is 0.827. The number of nitrogens with one attached hydrogen (secondary N) is 1.